The van der Waals surface area contributed by atoms with Gasteiger partial charge in [-0.05, 0) is 49.9 Å². The Kier molecular flexibility index (Phi) is 3.71. The van der Waals surface area contributed by atoms with E-state index in [0.717, 1.165) is 30.6 Å². The molecule has 1 atom stereocenters. The van der Waals surface area contributed by atoms with Gasteiger partial charge in [0.1, 0.15) is 5.82 Å². The van der Waals surface area contributed by atoms with Crippen molar-refractivity contribution in [3.05, 3.63) is 30.1 Å². The van der Waals surface area contributed by atoms with E-state index in [1.165, 1.54) is 12.1 Å². The SMILES string of the molecule is NC1CCC(S(=O)c2ccc(F)cc2)CC1. The fourth-order valence-corrected chi connectivity index (χ4v) is 3.55. The van der Waals surface area contributed by atoms with Crippen LogP contribution in [0.1, 0.15) is 25.7 Å². The van der Waals surface area contributed by atoms with Gasteiger partial charge in [0.25, 0.3) is 0 Å². The molecule has 0 aliphatic heterocycles. The minimum absolute atomic E-state index is 0.185. The molecule has 0 radical (unpaired) electrons. The molecule has 0 amide bonds. The number of hydrogen-bond donors (Lipinski definition) is 1. The van der Waals surface area contributed by atoms with Crippen LogP contribution in [-0.2, 0) is 10.8 Å². The minimum Gasteiger partial charge on any atom is -0.328 e. The van der Waals surface area contributed by atoms with Crippen LogP contribution in [0, 0.1) is 5.82 Å². The summed E-state index contributed by atoms with van der Waals surface area (Å²) in [6.45, 7) is 0. The summed E-state index contributed by atoms with van der Waals surface area (Å²) >= 11 is 0. The predicted molar refractivity (Wildman–Crippen MR) is 63.0 cm³/mol. The van der Waals surface area contributed by atoms with Gasteiger partial charge in [0.05, 0.1) is 10.8 Å². The molecule has 88 valence electrons. The van der Waals surface area contributed by atoms with E-state index in [-0.39, 0.29) is 17.1 Å². The maximum absolute atomic E-state index is 12.7. The zero-order chi connectivity index (χ0) is 11.5. The molecule has 2 rings (SSSR count). The third kappa shape index (κ3) is 2.68. The van der Waals surface area contributed by atoms with Crippen molar-refractivity contribution >= 4 is 10.8 Å². The largest absolute Gasteiger partial charge is 0.328 e. The molecule has 1 unspecified atom stereocenters. The normalized spacial score (nSPS) is 27.6. The van der Waals surface area contributed by atoms with E-state index in [1.54, 1.807) is 12.1 Å². The summed E-state index contributed by atoms with van der Waals surface area (Å²) in [7, 11) is -1.02. The van der Waals surface area contributed by atoms with Crippen LogP contribution in [0.3, 0.4) is 0 Å². The van der Waals surface area contributed by atoms with Gasteiger partial charge in [-0.25, -0.2) is 4.39 Å². The lowest BCUT2D eigenvalue weighted by Gasteiger charge is -2.25. The van der Waals surface area contributed by atoms with Crippen molar-refractivity contribution < 1.29 is 8.60 Å². The van der Waals surface area contributed by atoms with Crippen molar-refractivity contribution in [2.75, 3.05) is 0 Å². The molecule has 16 heavy (non-hydrogen) atoms. The van der Waals surface area contributed by atoms with Crippen molar-refractivity contribution in [1.82, 2.24) is 0 Å². The molecule has 0 aromatic heterocycles. The molecule has 1 aliphatic rings. The van der Waals surface area contributed by atoms with E-state index in [2.05, 4.69) is 0 Å². The zero-order valence-electron chi connectivity index (χ0n) is 9.06. The van der Waals surface area contributed by atoms with E-state index >= 15 is 0 Å². The topological polar surface area (TPSA) is 43.1 Å². The van der Waals surface area contributed by atoms with E-state index in [1.807, 2.05) is 0 Å². The van der Waals surface area contributed by atoms with E-state index in [0.29, 0.717) is 0 Å². The Bertz CT molecular complexity index is 371. The Labute approximate surface area is 97.5 Å². The first-order valence-electron chi connectivity index (χ1n) is 5.58. The Morgan fingerprint density at radius 2 is 1.69 bits per heavy atom. The van der Waals surface area contributed by atoms with Crippen molar-refractivity contribution in [2.45, 2.75) is 41.9 Å². The van der Waals surface area contributed by atoms with Crippen LogP contribution >= 0.6 is 0 Å². The first-order valence-corrected chi connectivity index (χ1v) is 6.80. The Balaban J connectivity index is 2.05. The lowest BCUT2D eigenvalue weighted by atomic mass is 9.96. The van der Waals surface area contributed by atoms with Crippen molar-refractivity contribution in [3.8, 4) is 0 Å². The highest BCUT2D eigenvalue weighted by molar-refractivity contribution is 7.85. The monoisotopic (exact) mass is 241 g/mol. The van der Waals surface area contributed by atoms with Gasteiger partial charge in [0, 0.05) is 16.2 Å². The van der Waals surface area contributed by atoms with Crippen LogP contribution in [0.5, 0.6) is 0 Å². The molecule has 1 saturated carbocycles. The maximum atomic E-state index is 12.7. The number of halogens is 1. The minimum atomic E-state index is -1.02. The summed E-state index contributed by atoms with van der Waals surface area (Å²) in [4.78, 5) is 0.724. The summed E-state index contributed by atoms with van der Waals surface area (Å²) in [6, 6.07) is 6.21. The molecule has 1 aromatic rings. The van der Waals surface area contributed by atoms with Gasteiger partial charge < -0.3 is 5.73 Å². The molecule has 1 aromatic carbocycles. The first-order chi connectivity index (χ1) is 7.66. The van der Waals surface area contributed by atoms with Gasteiger partial charge in [0.2, 0.25) is 0 Å². The molecule has 0 spiro atoms. The molecular formula is C12H16FNOS. The number of benzene rings is 1. The van der Waals surface area contributed by atoms with Crippen LogP contribution in [0.4, 0.5) is 4.39 Å². The summed E-state index contributed by atoms with van der Waals surface area (Å²) in [5, 5.41) is 0.185. The van der Waals surface area contributed by atoms with Crippen LogP contribution in [0.2, 0.25) is 0 Å². The summed E-state index contributed by atoms with van der Waals surface area (Å²) < 4.78 is 24.9. The van der Waals surface area contributed by atoms with Crippen LogP contribution in [-0.4, -0.2) is 15.5 Å². The third-order valence-corrected chi connectivity index (χ3v) is 4.88. The molecule has 2 N–H and O–H groups in total. The third-order valence-electron chi connectivity index (χ3n) is 3.07. The fourth-order valence-electron chi connectivity index (χ4n) is 2.06. The van der Waals surface area contributed by atoms with Crippen LogP contribution in [0.15, 0.2) is 29.2 Å². The molecule has 0 heterocycles. The van der Waals surface area contributed by atoms with Gasteiger partial charge in [-0.2, -0.15) is 0 Å². The van der Waals surface area contributed by atoms with Crippen molar-refractivity contribution in [1.29, 1.82) is 0 Å². The Morgan fingerprint density at radius 1 is 1.12 bits per heavy atom. The second-order valence-corrected chi connectivity index (χ2v) is 6.02. The van der Waals surface area contributed by atoms with Gasteiger partial charge in [-0.1, -0.05) is 0 Å². The maximum Gasteiger partial charge on any atom is 0.123 e. The van der Waals surface area contributed by atoms with E-state index in [9.17, 15) is 8.60 Å². The second-order valence-electron chi connectivity index (χ2n) is 4.29. The van der Waals surface area contributed by atoms with Crippen molar-refractivity contribution in [2.24, 2.45) is 5.73 Å². The smallest absolute Gasteiger partial charge is 0.123 e. The van der Waals surface area contributed by atoms with Crippen LogP contribution < -0.4 is 5.73 Å². The average Bonchev–Trinajstić information content (AvgIpc) is 2.30. The molecule has 0 bridgehead atoms. The highest BCUT2D eigenvalue weighted by atomic mass is 32.2. The summed E-state index contributed by atoms with van der Waals surface area (Å²) in [5.41, 5.74) is 5.81. The predicted octanol–water partition coefficient (Wildman–Crippen LogP) is 2.20. The first kappa shape index (κ1) is 11.7. The van der Waals surface area contributed by atoms with Crippen LogP contribution in [0.25, 0.3) is 0 Å². The highest BCUT2D eigenvalue weighted by Gasteiger charge is 2.24. The lowest BCUT2D eigenvalue weighted by molar-refractivity contribution is 0.444. The average molecular weight is 241 g/mol. The molecule has 4 heteroatoms. The van der Waals surface area contributed by atoms with Gasteiger partial charge in [-0.3, -0.25) is 4.21 Å². The Morgan fingerprint density at radius 3 is 2.25 bits per heavy atom. The quantitative estimate of drug-likeness (QED) is 0.862. The van der Waals surface area contributed by atoms with E-state index in [4.69, 9.17) is 5.73 Å². The summed E-state index contributed by atoms with van der Waals surface area (Å²) in [5.74, 6) is -0.286. The van der Waals surface area contributed by atoms with Gasteiger partial charge in [-0.15, -0.1) is 0 Å². The Hall–Kier alpha value is -0.740. The number of hydrogen-bond acceptors (Lipinski definition) is 2. The fraction of sp³-hybridized carbons (Fsp3) is 0.500. The molecule has 1 fully saturated rings. The van der Waals surface area contributed by atoms with E-state index < -0.39 is 10.8 Å². The summed E-state index contributed by atoms with van der Waals surface area (Å²) in [6.07, 6.45) is 3.70. The molecule has 2 nitrogen and oxygen atoms in total. The van der Waals surface area contributed by atoms with Gasteiger partial charge in [0.15, 0.2) is 0 Å². The van der Waals surface area contributed by atoms with Crippen molar-refractivity contribution in [3.63, 3.8) is 0 Å². The lowest BCUT2D eigenvalue weighted by Crippen LogP contribution is -2.31. The number of rotatable bonds is 2. The molecular weight excluding hydrogens is 225 g/mol. The zero-order valence-corrected chi connectivity index (χ0v) is 9.88. The van der Waals surface area contributed by atoms with Gasteiger partial charge >= 0.3 is 0 Å². The number of nitrogens with two attached hydrogens (primary N) is 1. The molecule has 0 saturated heterocycles. The standard InChI is InChI=1S/C12H16FNOS/c13-9-1-5-11(6-2-9)16(15)12-7-3-10(14)4-8-12/h1-2,5-6,10,12H,3-4,7-8,14H2. The highest BCUT2D eigenvalue weighted by Crippen LogP contribution is 2.25. The second kappa shape index (κ2) is 5.06. The molecule has 1 aliphatic carbocycles.